The van der Waals surface area contributed by atoms with Crippen LogP contribution in [-0.2, 0) is 16.6 Å². The maximum absolute atomic E-state index is 10.8. The van der Waals surface area contributed by atoms with Gasteiger partial charge in [0.2, 0.25) is 10.0 Å². The van der Waals surface area contributed by atoms with Crippen LogP contribution >= 0.6 is 35.3 Å². The Morgan fingerprint density at radius 2 is 2.08 bits per heavy atom. The predicted molar refractivity (Wildman–Crippen MR) is 55.8 cm³/mol. The second kappa shape index (κ2) is 4.59. The zero-order chi connectivity index (χ0) is 9.35. The summed E-state index contributed by atoms with van der Waals surface area (Å²) in [5.41, 5.74) is 5.30. The molecule has 0 radical (unpaired) electrons. The lowest BCUT2D eigenvalue weighted by atomic mass is 10.5. The van der Waals surface area contributed by atoms with Crippen molar-refractivity contribution >= 4 is 45.4 Å². The molecule has 4 N–H and O–H groups in total. The zero-order valence-electron chi connectivity index (χ0n) is 6.36. The van der Waals surface area contributed by atoms with Gasteiger partial charge in [-0.05, 0) is 0 Å². The normalized spacial score (nSPS) is 11.0. The highest BCUT2D eigenvalue weighted by molar-refractivity contribution is 7.89. The molecule has 0 spiro atoms. The number of hydrogen-bond donors (Lipinski definition) is 2. The number of nitrogens with two attached hydrogens (primary N) is 2. The second-order valence-electron chi connectivity index (χ2n) is 2.09. The van der Waals surface area contributed by atoms with Crippen LogP contribution in [-0.4, -0.2) is 8.42 Å². The maximum atomic E-state index is 10.8. The van der Waals surface area contributed by atoms with E-state index in [9.17, 15) is 8.42 Å². The van der Waals surface area contributed by atoms with Gasteiger partial charge in [-0.1, -0.05) is 11.6 Å². The van der Waals surface area contributed by atoms with Crippen molar-refractivity contribution in [2.45, 2.75) is 11.4 Å². The minimum Gasteiger partial charge on any atom is -0.326 e. The maximum Gasteiger partial charge on any atom is 0.240 e. The largest absolute Gasteiger partial charge is 0.326 e. The molecular weight excluding hydrogens is 255 g/mol. The molecule has 76 valence electrons. The molecule has 0 aliphatic heterocycles. The average Bonchev–Trinajstić information content (AvgIpc) is 2.29. The van der Waals surface area contributed by atoms with Gasteiger partial charge in [0, 0.05) is 16.8 Å². The minimum atomic E-state index is -3.70. The summed E-state index contributed by atoms with van der Waals surface area (Å²) in [7, 11) is -3.70. The lowest BCUT2D eigenvalue weighted by molar-refractivity contribution is 0.598. The van der Waals surface area contributed by atoms with E-state index < -0.39 is 10.0 Å². The number of thiophene rings is 1. The second-order valence-corrected chi connectivity index (χ2v) is 4.96. The SMILES string of the molecule is Cl.NCc1scc(S(N)(=O)=O)c1Cl. The van der Waals surface area contributed by atoms with Crippen molar-refractivity contribution in [2.75, 3.05) is 0 Å². The number of hydrogen-bond acceptors (Lipinski definition) is 4. The summed E-state index contributed by atoms with van der Waals surface area (Å²) in [6.45, 7) is 0.221. The van der Waals surface area contributed by atoms with E-state index in [4.69, 9.17) is 22.5 Å². The van der Waals surface area contributed by atoms with E-state index in [0.29, 0.717) is 4.88 Å². The Labute approximate surface area is 91.3 Å². The fraction of sp³-hybridized carbons (Fsp3) is 0.200. The van der Waals surface area contributed by atoms with E-state index in [2.05, 4.69) is 0 Å². The van der Waals surface area contributed by atoms with Crippen LogP contribution in [0.25, 0.3) is 0 Å². The molecule has 0 unspecified atom stereocenters. The Balaban J connectivity index is 0.00000144. The predicted octanol–water partition coefficient (Wildman–Crippen LogP) is 0.929. The number of sulfonamides is 1. The van der Waals surface area contributed by atoms with Crippen molar-refractivity contribution in [3.8, 4) is 0 Å². The molecule has 1 rings (SSSR count). The average molecular weight is 263 g/mol. The van der Waals surface area contributed by atoms with E-state index in [1.54, 1.807) is 0 Å². The fourth-order valence-electron chi connectivity index (χ4n) is 0.695. The van der Waals surface area contributed by atoms with Crippen molar-refractivity contribution in [1.29, 1.82) is 0 Å². The molecule has 0 aliphatic rings. The summed E-state index contributed by atoms with van der Waals surface area (Å²) in [5.74, 6) is 0. The van der Waals surface area contributed by atoms with Crippen LogP contribution < -0.4 is 10.9 Å². The number of halogens is 2. The highest BCUT2D eigenvalue weighted by atomic mass is 35.5. The van der Waals surface area contributed by atoms with E-state index >= 15 is 0 Å². The lowest BCUT2D eigenvalue weighted by Gasteiger charge is -1.94. The molecular formula is C5H8Cl2N2O2S2. The number of rotatable bonds is 2. The molecule has 13 heavy (non-hydrogen) atoms. The Kier molecular flexibility index (Phi) is 4.64. The Morgan fingerprint density at radius 3 is 2.31 bits per heavy atom. The quantitative estimate of drug-likeness (QED) is 0.832. The first kappa shape index (κ1) is 13.2. The summed E-state index contributed by atoms with van der Waals surface area (Å²) in [5, 5.41) is 6.41. The molecule has 0 aliphatic carbocycles. The van der Waals surface area contributed by atoms with Crippen LogP contribution in [0.2, 0.25) is 5.02 Å². The molecule has 0 bridgehead atoms. The molecule has 0 saturated heterocycles. The van der Waals surface area contributed by atoms with Gasteiger partial charge < -0.3 is 5.73 Å². The van der Waals surface area contributed by atoms with Gasteiger partial charge in [-0.25, -0.2) is 13.6 Å². The van der Waals surface area contributed by atoms with Gasteiger partial charge in [0.1, 0.15) is 4.90 Å². The Morgan fingerprint density at radius 1 is 1.54 bits per heavy atom. The van der Waals surface area contributed by atoms with Crippen LogP contribution in [0.5, 0.6) is 0 Å². The van der Waals surface area contributed by atoms with Crippen molar-refractivity contribution in [1.82, 2.24) is 0 Å². The minimum absolute atomic E-state index is 0. The van der Waals surface area contributed by atoms with Gasteiger partial charge in [0.15, 0.2) is 0 Å². The van der Waals surface area contributed by atoms with Crippen LogP contribution in [0, 0.1) is 0 Å². The van der Waals surface area contributed by atoms with Gasteiger partial charge >= 0.3 is 0 Å². The smallest absolute Gasteiger partial charge is 0.240 e. The lowest BCUT2D eigenvalue weighted by Crippen LogP contribution is -2.11. The Hall–Kier alpha value is 0.150. The summed E-state index contributed by atoms with van der Waals surface area (Å²) < 4.78 is 21.7. The highest BCUT2D eigenvalue weighted by Crippen LogP contribution is 2.29. The topological polar surface area (TPSA) is 86.2 Å². The van der Waals surface area contributed by atoms with E-state index in [-0.39, 0.29) is 28.9 Å². The monoisotopic (exact) mass is 262 g/mol. The van der Waals surface area contributed by atoms with Crippen LogP contribution in [0.1, 0.15) is 4.88 Å². The third-order valence-electron chi connectivity index (χ3n) is 1.26. The molecule has 1 heterocycles. The summed E-state index contributed by atoms with van der Waals surface area (Å²) in [4.78, 5) is 0.579. The molecule has 8 heteroatoms. The molecule has 1 aromatic rings. The first-order valence-electron chi connectivity index (χ1n) is 2.95. The van der Waals surface area contributed by atoms with Crippen LogP contribution in [0.15, 0.2) is 10.3 Å². The van der Waals surface area contributed by atoms with Crippen molar-refractivity contribution in [3.63, 3.8) is 0 Å². The van der Waals surface area contributed by atoms with Gasteiger partial charge in [-0.15, -0.1) is 23.7 Å². The molecule has 0 fully saturated rings. The zero-order valence-corrected chi connectivity index (χ0v) is 9.56. The fourth-order valence-corrected chi connectivity index (χ4v) is 3.14. The summed E-state index contributed by atoms with van der Waals surface area (Å²) in [6, 6.07) is 0. The van der Waals surface area contributed by atoms with Gasteiger partial charge in [-0.2, -0.15) is 0 Å². The standard InChI is InChI=1S/C5H7ClN2O2S2.ClH/c6-5-3(1-7)11-2-4(5)12(8,9)10;/h2H,1,7H2,(H2,8,9,10);1H. The van der Waals surface area contributed by atoms with E-state index in [1.807, 2.05) is 0 Å². The third-order valence-corrected chi connectivity index (χ3v) is 4.01. The van der Waals surface area contributed by atoms with Gasteiger partial charge in [-0.3, -0.25) is 0 Å². The molecule has 0 atom stereocenters. The van der Waals surface area contributed by atoms with Crippen molar-refractivity contribution in [3.05, 3.63) is 15.3 Å². The summed E-state index contributed by atoms with van der Waals surface area (Å²) in [6.07, 6.45) is 0. The van der Waals surface area contributed by atoms with E-state index in [1.165, 1.54) is 16.7 Å². The van der Waals surface area contributed by atoms with Crippen molar-refractivity contribution < 1.29 is 8.42 Å². The molecule has 0 aromatic carbocycles. The van der Waals surface area contributed by atoms with Gasteiger partial charge in [0.05, 0.1) is 5.02 Å². The van der Waals surface area contributed by atoms with Crippen molar-refractivity contribution in [2.24, 2.45) is 10.9 Å². The summed E-state index contributed by atoms with van der Waals surface area (Å²) >= 11 is 6.87. The first-order chi connectivity index (χ1) is 5.46. The number of primary sulfonamides is 1. The molecule has 4 nitrogen and oxygen atoms in total. The molecule has 1 aromatic heterocycles. The third kappa shape index (κ3) is 2.80. The first-order valence-corrected chi connectivity index (χ1v) is 5.76. The van der Waals surface area contributed by atoms with E-state index in [0.717, 1.165) is 0 Å². The molecule has 0 saturated carbocycles. The van der Waals surface area contributed by atoms with Crippen LogP contribution in [0.4, 0.5) is 0 Å². The highest BCUT2D eigenvalue weighted by Gasteiger charge is 2.17. The Bertz CT molecular complexity index is 387. The molecule has 0 amide bonds. The van der Waals surface area contributed by atoms with Gasteiger partial charge in [0.25, 0.3) is 0 Å². The van der Waals surface area contributed by atoms with Crippen LogP contribution in [0.3, 0.4) is 0 Å².